The van der Waals surface area contributed by atoms with Gasteiger partial charge in [-0.3, -0.25) is 0 Å². The maximum Gasteiger partial charge on any atom is 0.211 e. The molecule has 1 N–H and O–H groups in total. The lowest BCUT2D eigenvalue weighted by atomic mass is 9.82. The van der Waals surface area contributed by atoms with Crippen molar-refractivity contribution in [2.75, 3.05) is 12.8 Å². The zero-order chi connectivity index (χ0) is 9.90. The van der Waals surface area contributed by atoms with Crippen molar-refractivity contribution >= 4 is 10.0 Å². The van der Waals surface area contributed by atoms with Gasteiger partial charge in [-0.2, -0.15) is 0 Å². The molecule has 2 atom stereocenters. The Morgan fingerprint density at radius 2 is 1.92 bits per heavy atom. The molecule has 0 heterocycles. The summed E-state index contributed by atoms with van der Waals surface area (Å²) in [7, 11) is -1.51. The summed E-state index contributed by atoms with van der Waals surface area (Å²) < 4.78 is 25.0. The van der Waals surface area contributed by atoms with E-state index in [1.54, 1.807) is 0 Å². The van der Waals surface area contributed by atoms with Crippen LogP contribution in [0.5, 0.6) is 0 Å². The van der Waals surface area contributed by atoms with E-state index >= 15 is 0 Å². The summed E-state index contributed by atoms with van der Waals surface area (Å²) in [4.78, 5) is 0. The van der Waals surface area contributed by atoms with Crippen LogP contribution in [0.4, 0.5) is 0 Å². The third-order valence-electron chi connectivity index (χ3n) is 3.03. The van der Waals surface area contributed by atoms with Crippen LogP contribution in [0.25, 0.3) is 0 Å². The van der Waals surface area contributed by atoms with Crippen molar-refractivity contribution in [3.63, 3.8) is 0 Å². The largest absolute Gasteiger partial charge is 0.218 e. The molecule has 0 aliphatic heterocycles. The van der Waals surface area contributed by atoms with Crippen LogP contribution in [-0.2, 0) is 10.0 Å². The van der Waals surface area contributed by atoms with Gasteiger partial charge in [0.2, 0.25) is 10.0 Å². The fourth-order valence-electron chi connectivity index (χ4n) is 2.01. The fraction of sp³-hybridized carbons (Fsp3) is 1.00. The number of sulfonamides is 1. The van der Waals surface area contributed by atoms with E-state index in [1.807, 2.05) is 0 Å². The van der Waals surface area contributed by atoms with E-state index in [2.05, 4.69) is 11.6 Å². The van der Waals surface area contributed by atoms with Gasteiger partial charge < -0.3 is 0 Å². The first-order valence-corrected chi connectivity index (χ1v) is 6.61. The highest BCUT2D eigenvalue weighted by atomic mass is 32.2. The average molecular weight is 205 g/mol. The smallest absolute Gasteiger partial charge is 0.211 e. The lowest BCUT2D eigenvalue weighted by Crippen LogP contribution is -2.31. The topological polar surface area (TPSA) is 46.2 Å². The van der Waals surface area contributed by atoms with Crippen molar-refractivity contribution in [1.82, 2.24) is 4.72 Å². The molecule has 0 aromatic carbocycles. The summed E-state index contributed by atoms with van der Waals surface area (Å²) in [6, 6.07) is 0. The van der Waals surface area contributed by atoms with E-state index in [0.717, 1.165) is 6.42 Å². The zero-order valence-electron chi connectivity index (χ0n) is 8.41. The van der Waals surface area contributed by atoms with Crippen LogP contribution in [-0.4, -0.2) is 21.2 Å². The average Bonchev–Trinajstić information content (AvgIpc) is 2.09. The van der Waals surface area contributed by atoms with Gasteiger partial charge in [-0.05, 0) is 25.3 Å². The molecule has 0 aromatic rings. The minimum absolute atomic E-state index is 0.310. The summed E-state index contributed by atoms with van der Waals surface area (Å²) in [6.07, 6.45) is 4.71. The molecule has 1 saturated carbocycles. The quantitative estimate of drug-likeness (QED) is 0.756. The summed E-state index contributed by atoms with van der Waals surface area (Å²) >= 11 is 0. The molecule has 1 aliphatic carbocycles. The molecular formula is C9H19NO2S. The molecule has 4 heteroatoms. The minimum Gasteiger partial charge on any atom is -0.218 e. The summed E-state index contributed by atoms with van der Waals surface area (Å²) in [6.45, 7) is 2.16. The highest BCUT2D eigenvalue weighted by Gasteiger charge is 2.25. The lowest BCUT2D eigenvalue weighted by Gasteiger charge is -2.28. The molecule has 0 bridgehead atoms. The van der Waals surface area contributed by atoms with Crippen molar-refractivity contribution in [1.29, 1.82) is 0 Å². The second-order valence-corrected chi connectivity index (χ2v) is 5.98. The van der Waals surface area contributed by atoms with E-state index in [9.17, 15) is 8.42 Å². The lowest BCUT2D eigenvalue weighted by molar-refractivity contribution is 0.278. The van der Waals surface area contributed by atoms with E-state index in [-0.39, 0.29) is 0 Å². The molecule has 2 unspecified atom stereocenters. The first kappa shape index (κ1) is 11.0. The van der Waals surface area contributed by atoms with Crippen molar-refractivity contribution in [3.05, 3.63) is 0 Å². The van der Waals surface area contributed by atoms with Gasteiger partial charge >= 0.3 is 0 Å². The van der Waals surface area contributed by atoms with Crippen LogP contribution in [0.1, 0.15) is 32.6 Å². The molecule has 0 saturated heterocycles. The van der Waals surface area contributed by atoms with Crippen molar-refractivity contribution < 1.29 is 8.42 Å². The number of hydrogen-bond donors (Lipinski definition) is 1. The third kappa shape index (κ3) is 3.27. The molecule has 0 aromatic heterocycles. The molecule has 3 nitrogen and oxygen atoms in total. The molecule has 13 heavy (non-hydrogen) atoms. The van der Waals surface area contributed by atoms with Gasteiger partial charge in [0.05, 0.1) is 5.75 Å². The first-order chi connectivity index (χ1) is 6.05. The third-order valence-corrected chi connectivity index (χ3v) is 4.52. The van der Waals surface area contributed by atoms with Gasteiger partial charge in [0.1, 0.15) is 0 Å². The van der Waals surface area contributed by atoms with Crippen LogP contribution < -0.4 is 4.72 Å². The number of nitrogens with one attached hydrogen (secondary N) is 1. The second kappa shape index (κ2) is 4.42. The van der Waals surface area contributed by atoms with Crippen LogP contribution in [0, 0.1) is 11.8 Å². The summed E-state index contributed by atoms with van der Waals surface area (Å²) in [5.74, 6) is 1.24. The number of hydrogen-bond acceptors (Lipinski definition) is 2. The Hall–Kier alpha value is -0.0900. The van der Waals surface area contributed by atoms with Gasteiger partial charge in [0, 0.05) is 0 Å². The Morgan fingerprint density at radius 1 is 1.31 bits per heavy atom. The second-order valence-electron chi connectivity index (χ2n) is 4.01. The highest BCUT2D eigenvalue weighted by molar-refractivity contribution is 7.89. The Balaban J connectivity index is 2.52. The maximum atomic E-state index is 11.3. The Bertz CT molecular complexity index is 248. The molecule has 0 spiro atoms. The molecule has 1 aliphatic rings. The van der Waals surface area contributed by atoms with Crippen molar-refractivity contribution in [2.24, 2.45) is 11.8 Å². The maximum absolute atomic E-state index is 11.3. The van der Waals surface area contributed by atoms with Gasteiger partial charge in [0.25, 0.3) is 0 Å². The van der Waals surface area contributed by atoms with E-state index < -0.39 is 10.0 Å². The SMILES string of the molecule is CNS(=O)(=O)CC1CCCCC1C. The summed E-state index contributed by atoms with van der Waals surface area (Å²) in [5.41, 5.74) is 0. The Morgan fingerprint density at radius 3 is 2.46 bits per heavy atom. The van der Waals surface area contributed by atoms with Crippen molar-refractivity contribution in [3.8, 4) is 0 Å². The van der Waals surface area contributed by atoms with Crippen molar-refractivity contribution in [2.45, 2.75) is 32.6 Å². The van der Waals surface area contributed by atoms with Gasteiger partial charge in [-0.15, -0.1) is 0 Å². The van der Waals surface area contributed by atoms with Crippen LogP contribution in [0.2, 0.25) is 0 Å². The zero-order valence-corrected chi connectivity index (χ0v) is 9.23. The first-order valence-electron chi connectivity index (χ1n) is 4.96. The van der Waals surface area contributed by atoms with Gasteiger partial charge in [-0.1, -0.05) is 26.2 Å². The molecule has 78 valence electrons. The molecule has 0 radical (unpaired) electrons. The van der Waals surface area contributed by atoms with Crippen LogP contribution >= 0.6 is 0 Å². The molecule has 1 fully saturated rings. The normalized spacial score (nSPS) is 30.3. The van der Waals surface area contributed by atoms with E-state index in [0.29, 0.717) is 17.6 Å². The molecular weight excluding hydrogens is 186 g/mol. The molecule has 0 amide bonds. The minimum atomic E-state index is -3.00. The van der Waals surface area contributed by atoms with E-state index in [4.69, 9.17) is 0 Å². The van der Waals surface area contributed by atoms with E-state index in [1.165, 1.54) is 26.3 Å². The van der Waals surface area contributed by atoms with Gasteiger partial charge in [0.15, 0.2) is 0 Å². The predicted molar refractivity (Wildman–Crippen MR) is 54.0 cm³/mol. The predicted octanol–water partition coefficient (Wildman–Crippen LogP) is 1.36. The Labute approximate surface area is 81.0 Å². The fourth-order valence-corrected chi connectivity index (χ4v) is 3.23. The molecule has 1 rings (SSSR count). The van der Waals surface area contributed by atoms with Crippen LogP contribution in [0.15, 0.2) is 0 Å². The standard InChI is InChI=1S/C9H19NO2S/c1-8-5-3-4-6-9(8)7-13(11,12)10-2/h8-10H,3-7H2,1-2H3. The summed E-state index contributed by atoms with van der Waals surface area (Å²) in [5, 5.41) is 0. The van der Waals surface area contributed by atoms with Gasteiger partial charge in [-0.25, -0.2) is 13.1 Å². The highest BCUT2D eigenvalue weighted by Crippen LogP contribution is 2.30. The number of rotatable bonds is 3. The monoisotopic (exact) mass is 205 g/mol. The Kier molecular flexibility index (Phi) is 3.74. The van der Waals surface area contributed by atoms with Crippen LogP contribution in [0.3, 0.4) is 0 Å².